The first-order chi connectivity index (χ1) is 11.4. The van der Waals surface area contributed by atoms with Gasteiger partial charge in [0, 0.05) is 31.7 Å². The monoisotopic (exact) mass is 332 g/mol. The number of nitrogens with one attached hydrogen (secondary N) is 1. The van der Waals surface area contributed by atoms with Crippen LogP contribution in [0.3, 0.4) is 0 Å². The molecular weight excluding hydrogens is 304 g/mol. The van der Waals surface area contributed by atoms with Crippen molar-refractivity contribution in [2.75, 3.05) is 6.54 Å². The van der Waals surface area contributed by atoms with Crippen LogP contribution in [0.4, 0.5) is 0 Å². The second-order valence-electron chi connectivity index (χ2n) is 7.52. The van der Waals surface area contributed by atoms with Crippen molar-refractivity contribution in [3.63, 3.8) is 0 Å². The highest BCUT2D eigenvalue weighted by Gasteiger charge is 2.30. The summed E-state index contributed by atoms with van der Waals surface area (Å²) in [5.41, 5.74) is 0.798. The van der Waals surface area contributed by atoms with E-state index in [0.717, 1.165) is 30.9 Å². The summed E-state index contributed by atoms with van der Waals surface area (Å²) in [6.07, 6.45) is 6.26. The van der Waals surface area contributed by atoms with Gasteiger partial charge in [-0.05, 0) is 32.1 Å². The maximum atomic E-state index is 12.4. The maximum Gasteiger partial charge on any atom is 0.226 e. The van der Waals surface area contributed by atoms with Crippen molar-refractivity contribution in [1.82, 2.24) is 19.8 Å². The summed E-state index contributed by atoms with van der Waals surface area (Å²) in [5.74, 6) is 1.49. The number of hydrogen-bond acceptors (Lipinski definition) is 3. The first-order valence-electron chi connectivity index (χ1n) is 9.09. The zero-order chi connectivity index (χ0) is 17.3. The molecule has 132 valence electrons. The number of carbonyl (C=O) groups excluding carboxylic acids is 2. The molecule has 2 aliphatic rings. The average Bonchev–Trinajstić information content (AvgIpc) is 2.86. The van der Waals surface area contributed by atoms with Crippen LogP contribution in [-0.2, 0) is 22.6 Å². The van der Waals surface area contributed by atoms with Crippen LogP contribution < -0.4 is 5.32 Å². The van der Waals surface area contributed by atoms with E-state index < -0.39 is 0 Å². The van der Waals surface area contributed by atoms with Crippen molar-refractivity contribution in [2.45, 2.75) is 71.5 Å². The zero-order valence-corrected chi connectivity index (χ0v) is 14.9. The van der Waals surface area contributed by atoms with Crippen molar-refractivity contribution >= 4 is 11.8 Å². The molecule has 1 saturated carbocycles. The van der Waals surface area contributed by atoms with Crippen LogP contribution in [0.1, 0.15) is 64.0 Å². The fraction of sp³-hybridized carbons (Fsp3) is 0.722. The first-order valence-corrected chi connectivity index (χ1v) is 9.09. The molecule has 0 bridgehead atoms. The van der Waals surface area contributed by atoms with E-state index in [9.17, 15) is 9.59 Å². The predicted octanol–water partition coefficient (Wildman–Crippen LogP) is 2.04. The Morgan fingerprint density at radius 1 is 1.33 bits per heavy atom. The summed E-state index contributed by atoms with van der Waals surface area (Å²) < 4.78 is 2.09. The Morgan fingerprint density at radius 2 is 2.08 bits per heavy atom. The van der Waals surface area contributed by atoms with Gasteiger partial charge in [0.2, 0.25) is 11.8 Å². The lowest BCUT2D eigenvalue weighted by molar-refractivity contribution is -0.135. The maximum absolute atomic E-state index is 12.4. The third kappa shape index (κ3) is 3.62. The summed E-state index contributed by atoms with van der Waals surface area (Å²) >= 11 is 0. The van der Waals surface area contributed by atoms with E-state index in [1.807, 2.05) is 18.0 Å². The molecule has 1 aromatic heterocycles. The highest BCUT2D eigenvalue weighted by atomic mass is 16.2. The standard InChI is InChI=1S/C18H28N4O2/c1-12(2)9-17(24)22-8-7-21-11-15(20-18(21)13(22)3)10-16(23)19-14-5-4-6-14/h11-14H,4-10H2,1-3H3,(H,19,23). The molecule has 0 saturated heterocycles. The van der Waals surface area contributed by atoms with E-state index in [1.54, 1.807) is 0 Å². The highest BCUT2D eigenvalue weighted by Crippen LogP contribution is 2.26. The van der Waals surface area contributed by atoms with Crippen LogP contribution in [0.25, 0.3) is 0 Å². The highest BCUT2D eigenvalue weighted by molar-refractivity contribution is 5.78. The smallest absolute Gasteiger partial charge is 0.226 e. The summed E-state index contributed by atoms with van der Waals surface area (Å²) in [6.45, 7) is 7.61. The van der Waals surface area contributed by atoms with Gasteiger partial charge in [-0.1, -0.05) is 13.8 Å². The quantitative estimate of drug-likeness (QED) is 0.897. The molecular formula is C18H28N4O2. The predicted molar refractivity (Wildman–Crippen MR) is 91.3 cm³/mol. The number of aromatic nitrogens is 2. The van der Waals surface area contributed by atoms with Gasteiger partial charge in [-0.15, -0.1) is 0 Å². The van der Waals surface area contributed by atoms with Crippen molar-refractivity contribution < 1.29 is 9.59 Å². The van der Waals surface area contributed by atoms with Crippen molar-refractivity contribution in [3.8, 4) is 0 Å². The van der Waals surface area contributed by atoms with Crippen LogP contribution >= 0.6 is 0 Å². The molecule has 1 unspecified atom stereocenters. The van der Waals surface area contributed by atoms with Crippen molar-refractivity contribution in [3.05, 3.63) is 17.7 Å². The van der Waals surface area contributed by atoms with Gasteiger partial charge in [-0.3, -0.25) is 9.59 Å². The fourth-order valence-electron chi connectivity index (χ4n) is 3.44. The van der Waals surface area contributed by atoms with Crippen LogP contribution in [0, 0.1) is 5.92 Å². The average molecular weight is 332 g/mol. The molecule has 1 atom stereocenters. The van der Waals surface area contributed by atoms with Crippen LogP contribution in [0.5, 0.6) is 0 Å². The number of fused-ring (bicyclic) bond motifs is 1. The molecule has 24 heavy (non-hydrogen) atoms. The normalized spacial score (nSPS) is 20.7. The molecule has 1 aromatic rings. The van der Waals surface area contributed by atoms with Gasteiger partial charge in [0.1, 0.15) is 5.82 Å². The number of amides is 2. The minimum Gasteiger partial charge on any atom is -0.353 e. The van der Waals surface area contributed by atoms with Gasteiger partial charge < -0.3 is 14.8 Å². The number of rotatable bonds is 5. The summed E-state index contributed by atoms with van der Waals surface area (Å²) in [4.78, 5) is 31.0. The number of hydrogen-bond donors (Lipinski definition) is 1. The Kier molecular flexibility index (Phi) is 4.92. The number of carbonyl (C=O) groups is 2. The molecule has 1 aliphatic carbocycles. The number of imidazole rings is 1. The molecule has 3 rings (SSSR count). The topological polar surface area (TPSA) is 67.2 Å². The molecule has 2 amide bonds. The van der Waals surface area contributed by atoms with Gasteiger partial charge in [-0.25, -0.2) is 4.98 Å². The molecule has 2 heterocycles. The van der Waals surface area contributed by atoms with Gasteiger partial charge >= 0.3 is 0 Å². The Bertz CT molecular complexity index is 619. The van der Waals surface area contributed by atoms with E-state index in [-0.39, 0.29) is 17.9 Å². The fourth-order valence-corrected chi connectivity index (χ4v) is 3.44. The lowest BCUT2D eigenvalue weighted by atomic mass is 9.93. The third-order valence-electron chi connectivity index (χ3n) is 5.00. The van der Waals surface area contributed by atoms with Crippen LogP contribution in [0.15, 0.2) is 6.20 Å². The SMILES string of the molecule is CC(C)CC(=O)N1CCn2cc(CC(=O)NC3CCC3)nc2C1C. The minimum absolute atomic E-state index is 0.0338. The first kappa shape index (κ1) is 17.0. The summed E-state index contributed by atoms with van der Waals surface area (Å²) in [6, 6.07) is 0.325. The number of nitrogens with zero attached hydrogens (tertiary/aromatic N) is 3. The molecule has 1 N–H and O–H groups in total. The summed E-state index contributed by atoms with van der Waals surface area (Å²) in [5, 5.41) is 3.05. The molecule has 0 spiro atoms. The Morgan fingerprint density at radius 3 is 2.71 bits per heavy atom. The molecule has 6 nitrogen and oxygen atoms in total. The van der Waals surface area contributed by atoms with Gasteiger partial charge in [0.05, 0.1) is 18.2 Å². The Hall–Kier alpha value is -1.85. The third-order valence-corrected chi connectivity index (χ3v) is 5.00. The minimum atomic E-state index is -0.0338. The van der Waals surface area contributed by atoms with E-state index in [4.69, 9.17) is 0 Å². The van der Waals surface area contributed by atoms with E-state index in [2.05, 4.69) is 28.7 Å². The Balaban J connectivity index is 1.64. The molecule has 1 aliphatic heterocycles. The Labute approximate surface area is 143 Å². The van der Waals surface area contributed by atoms with Gasteiger partial charge in [0.15, 0.2) is 0 Å². The van der Waals surface area contributed by atoms with E-state index >= 15 is 0 Å². The lowest BCUT2D eigenvalue weighted by Gasteiger charge is -2.34. The molecule has 6 heteroatoms. The van der Waals surface area contributed by atoms with Crippen molar-refractivity contribution in [2.24, 2.45) is 5.92 Å². The summed E-state index contributed by atoms with van der Waals surface area (Å²) in [7, 11) is 0. The second-order valence-corrected chi connectivity index (χ2v) is 7.52. The molecule has 0 aromatic carbocycles. The van der Waals surface area contributed by atoms with Crippen LogP contribution in [-0.4, -0.2) is 38.9 Å². The van der Waals surface area contributed by atoms with Crippen LogP contribution in [0.2, 0.25) is 0 Å². The van der Waals surface area contributed by atoms with Gasteiger partial charge in [0.25, 0.3) is 0 Å². The van der Waals surface area contributed by atoms with E-state index in [0.29, 0.717) is 31.3 Å². The zero-order valence-electron chi connectivity index (χ0n) is 14.9. The molecule has 0 radical (unpaired) electrons. The molecule has 1 fully saturated rings. The van der Waals surface area contributed by atoms with Gasteiger partial charge in [-0.2, -0.15) is 0 Å². The van der Waals surface area contributed by atoms with E-state index in [1.165, 1.54) is 6.42 Å². The second kappa shape index (κ2) is 6.95. The van der Waals surface area contributed by atoms with Crippen molar-refractivity contribution in [1.29, 1.82) is 0 Å². The lowest BCUT2D eigenvalue weighted by Crippen LogP contribution is -2.41. The largest absolute Gasteiger partial charge is 0.353 e.